The van der Waals surface area contributed by atoms with Gasteiger partial charge in [-0.2, -0.15) is 0 Å². The number of carbonyl (C=O) groups is 1. The molecule has 0 bridgehead atoms. The summed E-state index contributed by atoms with van der Waals surface area (Å²) in [5.74, 6) is 0.233. The van der Waals surface area contributed by atoms with Crippen molar-refractivity contribution in [3.63, 3.8) is 0 Å². The molecular formula is C12H16O. The monoisotopic (exact) mass is 176 g/mol. The third-order valence-corrected chi connectivity index (χ3v) is 2.38. The van der Waals surface area contributed by atoms with Crippen LogP contribution in [0.5, 0.6) is 0 Å². The van der Waals surface area contributed by atoms with Gasteiger partial charge in [-0.15, -0.1) is 0 Å². The normalized spacial score (nSPS) is 10.1. The lowest BCUT2D eigenvalue weighted by Gasteiger charge is -2.07. The van der Waals surface area contributed by atoms with Crippen LogP contribution in [0, 0.1) is 6.92 Å². The number of hydrogen-bond donors (Lipinski definition) is 0. The molecule has 0 saturated carbocycles. The standard InChI is InChI=1S/C12H16O/c1-4-11-6-5-7-12(10(11)3)8-9(2)13/h5-7H,4,8H2,1-3H3. The molecule has 0 aromatic heterocycles. The molecule has 0 unspecified atom stereocenters. The third-order valence-electron chi connectivity index (χ3n) is 2.38. The molecule has 1 aromatic rings. The Morgan fingerprint density at radius 3 is 2.46 bits per heavy atom. The van der Waals surface area contributed by atoms with Gasteiger partial charge in [0.25, 0.3) is 0 Å². The summed E-state index contributed by atoms with van der Waals surface area (Å²) in [5, 5.41) is 0. The Labute approximate surface area is 79.8 Å². The van der Waals surface area contributed by atoms with Crippen LogP contribution in [0.15, 0.2) is 18.2 Å². The van der Waals surface area contributed by atoms with Crippen molar-refractivity contribution in [2.75, 3.05) is 0 Å². The minimum atomic E-state index is 0.233. The molecule has 1 nitrogen and oxygen atoms in total. The number of rotatable bonds is 3. The van der Waals surface area contributed by atoms with Crippen molar-refractivity contribution < 1.29 is 4.79 Å². The molecule has 0 N–H and O–H groups in total. The fraction of sp³-hybridized carbons (Fsp3) is 0.417. The number of aryl methyl sites for hydroxylation is 1. The second kappa shape index (κ2) is 4.22. The smallest absolute Gasteiger partial charge is 0.134 e. The molecule has 0 fully saturated rings. The van der Waals surface area contributed by atoms with Gasteiger partial charge in [0, 0.05) is 6.42 Å². The molecule has 0 aliphatic heterocycles. The van der Waals surface area contributed by atoms with Crippen LogP contribution in [-0.4, -0.2) is 5.78 Å². The van der Waals surface area contributed by atoms with E-state index in [4.69, 9.17) is 0 Å². The zero-order valence-electron chi connectivity index (χ0n) is 8.55. The molecule has 70 valence electrons. The molecular weight excluding hydrogens is 160 g/mol. The van der Waals surface area contributed by atoms with Gasteiger partial charge in [0.2, 0.25) is 0 Å². The number of hydrogen-bond acceptors (Lipinski definition) is 1. The van der Waals surface area contributed by atoms with Gasteiger partial charge >= 0.3 is 0 Å². The Morgan fingerprint density at radius 2 is 1.92 bits per heavy atom. The maximum absolute atomic E-state index is 11.0. The number of Topliss-reactive ketones (excluding diaryl/α,β-unsaturated/α-hetero) is 1. The van der Waals surface area contributed by atoms with E-state index in [2.05, 4.69) is 19.9 Å². The molecule has 1 heteroatoms. The number of carbonyl (C=O) groups excluding carboxylic acids is 1. The molecule has 0 aliphatic rings. The first-order valence-corrected chi connectivity index (χ1v) is 4.72. The molecule has 0 radical (unpaired) electrons. The van der Waals surface area contributed by atoms with Crippen LogP contribution in [-0.2, 0) is 17.6 Å². The minimum Gasteiger partial charge on any atom is -0.300 e. The van der Waals surface area contributed by atoms with E-state index < -0.39 is 0 Å². The van der Waals surface area contributed by atoms with Crippen LogP contribution in [0.25, 0.3) is 0 Å². The highest BCUT2D eigenvalue weighted by atomic mass is 16.1. The summed E-state index contributed by atoms with van der Waals surface area (Å²) >= 11 is 0. The summed E-state index contributed by atoms with van der Waals surface area (Å²) in [5.41, 5.74) is 3.80. The van der Waals surface area contributed by atoms with Gasteiger partial charge in [0.1, 0.15) is 5.78 Å². The molecule has 0 saturated heterocycles. The SMILES string of the molecule is CCc1cccc(CC(C)=O)c1C. The van der Waals surface area contributed by atoms with Crippen molar-refractivity contribution in [1.82, 2.24) is 0 Å². The highest BCUT2D eigenvalue weighted by Gasteiger charge is 2.03. The van der Waals surface area contributed by atoms with Gasteiger partial charge in [0.05, 0.1) is 0 Å². The van der Waals surface area contributed by atoms with E-state index in [9.17, 15) is 4.79 Å². The average Bonchev–Trinajstić information content (AvgIpc) is 2.08. The lowest BCUT2D eigenvalue weighted by molar-refractivity contribution is -0.116. The van der Waals surface area contributed by atoms with Gasteiger partial charge in [0.15, 0.2) is 0 Å². The van der Waals surface area contributed by atoms with Crippen LogP contribution in [0.3, 0.4) is 0 Å². The Hall–Kier alpha value is -1.11. The van der Waals surface area contributed by atoms with Gasteiger partial charge in [-0.05, 0) is 37.0 Å². The van der Waals surface area contributed by atoms with E-state index in [0.29, 0.717) is 6.42 Å². The summed E-state index contributed by atoms with van der Waals surface area (Å²) in [7, 11) is 0. The predicted octanol–water partition coefficient (Wildman–Crippen LogP) is 2.69. The maximum atomic E-state index is 11.0. The van der Waals surface area contributed by atoms with Crippen molar-refractivity contribution in [2.24, 2.45) is 0 Å². The van der Waals surface area contributed by atoms with E-state index >= 15 is 0 Å². The summed E-state index contributed by atoms with van der Waals surface area (Å²) in [4.78, 5) is 11.0. The van der Waals surface area contributed by atoms with Crippen molar-refractivity contribution in [1.29, 1.82) is 0 Å². The maximum Gasteiger partial charge on any atom is 0.134 e. The van der Waals surface area contributed by atoms with Crippen LogP contribution >= 0.6 is 0 Å². The van der Waals surface area contributed by atoms with Crippen molar-refractivity contribution in [2.45, 2.75) is 33.6 Å². The fourth-order valence-corrected chi connectivity index (χ4v) is 1.58. The van der Waals surface area contributed by atoms with E-state index in [1.165, 1.54) is 16.7 Å². The topological polar surface area (TPSA) is 17.1 Å². The highest BCUT2D eigenvalue weighted by Crippen LogP contribution is 2.14. The summed E-state index contributed by atoms with van der Waals surface area (Å²) in [6.45, 7) is 5.87. The first-order chi connectivity index (χ1) is 6.15. The summed E-state index contributed by atoms with van der Waals surface area (Å²) < 4.78 is 0. The molecule has 13 heavy (non-hydrogen) atoms. The van der Waals surface area contributed by atoms with E-state index in [1.807, 2.05) is 12.1 Å². The predicted molar refractivity (Wildman–Crippen MR) is 54.9 cm³/mol. The quantitative estimate of drug-likeness (QED) is 0.692. The Balaban J connectivity index is 3.01. The van der Waals surface area contributed by atoms with E-state index in [1.54, 1.807) is 6.92 Å². The fourth-order valence-electron chi connectivity index (χ4n) is 1.58. The van der Waals surface area contributed by atoms with Gasteiger partial charge in [-0.25, -0.2) is 0 Å². The molecule has 0 aliphatic carbocycles. The second-order valence-corrected chi connectivity index (χ2v) is 3.43. The Bertz CT molecular complexity index is 313. The average molecular weight is 176 g/mol. The molecule has 0 heterocycles. The zero-order valence-corrected chi connectivity index (χ0v) is 8.55. The van der Waals surface area contributed by atoms with Crippen molar-refractivity contribution in [3.8, 4) is 0 Å². The van der Waals surface area contributed by atoms with Crippen LogP contribution in [0.1, 0.15) is 30.5 Å². The lowest BCUT2D eigenvalue weighted by atomic mass is 9.97. The molecule has 1 aromatic carbocycles. The minimum absolute atomic E-state index is 0.233. The van der Waals surface area contributed by atoms with Gasteiger partial charge in [-0.3, -0.25) is 4.79 Å². The summed E-state index contributed by atoms with van der Waals surface area (Å²) in [6.07, 6.45) is 1.61. The lowest BCUT2D eigenvalue weighted by Crippen LogP contribution is -2.00. The Morgan fingerprint density at radius 1 is 1.31 bits per heavy atom. The molecule has 0 amide bonds. The largest absolute Gasteiger partial charge is 0.300 e. The number of ketones is 1. The molecule has 0 spiro atoms. The second-order valence-electron chi connectivity index (χ2n) is 3.43. The van der Waals surface area contributed by atoms with Crippen LogP contribution < -0.4 is 0 Å². The van der Waals surface area contributed by atoms with Crippen LogP contribution in [0.2, 0.25) is 0 Å². The Kier molecular flexibility index (Phi) is 3.24. The first kappa shape index (κ1) is 9.97. The molecule has 0 atom stereocenters. The van der Waals surface area contributed by atoms with E-state index in [-0.39, 0.29) is 5.78 Å². The van der Waals surface area contributed by atoms with Crippen molar-refractivity contribution in [3.05, 3.63) is 34.9 Å². The van der Waals surface area contributed by atoms with E-state index in [0.717, 1.165) is 6.42 Å². The van der Waals surface area contributed by atoms with Crippen LogP contribution in [0.4, 0.5) is 0 Å². The summed E-state index contributed by atoms with van der Waals surface area (Å²) in [6, 6.07) is 6.19. The highest BCUT2D eigenvalue weighted by molar-refractivity contribution is 5.78. The first-order valence-electron chi connectivity index (χ1n) is 4.72. The molecule has 1 rings (SSSR count). The number of benzene rings is 1. The van der Waals surface area contributed by atoms with Gasteiger partial charge < -0.3 is 0 Å². The zero-order chi connectivity index (χ0) is 9.84. The van der Waals surface area contributed by atoms with Crippen molar-refractivity contribution >= 4 is 5.78 Å². The third kappa shape index (κ3) is 2.41. The van der Waals surface area contributed by atoms with Gasteiger partial charge in [-0.1, -0.05) is 25.1 Å².